The van der Waals surface area contributed by atoms with E-state index in [-0.39, 0.29) is 18.4 Å². The molecule has 2 aromatic rings. The maximum Gasteiger partial charge on any atom is 0.246 e. The van der Waals surface area contributed by atoms with Crippen molar-refractivity contribution in [1.29, 1.82) is 0 Å². The van der Waals surface area contributed by atoms with E-state index in [4.69, 9.17) is 10.5 Å². The number of imidazole rings is 1. The molecular weight excluding hydrogens is 278 g/mol. The first-order valence-corrected chi connectivity index (χ1v) is 6.28. The van der Waals surface area contributed by atoms with E-state index in [2.05, 4.69) is 15.0 Å². The lowest BCUT2D eigenvalue weighted by molar-refractivity contribution is 0.0287. The first-order valence-electron chi connectivity index (χ1n) is 6.28. The zero-order valence-electron chi connectivity index (χ0n) is 11.2. The van der Waals surface area contributed by atoms with E-state index in [0.29, 0.717) is 16.7 Å². The first kappa shape index (κ1) is 13.7. The highest BCUT2D eigenvalue weighted by Crippen LogP contribution is 2.32. The van der Waals surface area contributed by atoms with E-state index in [1.807, 2.05) is 0 Å². The fourth-order valence-corrected chi connectivity index (χ4v) is 2.48. The normalized spacial score (nSPS) is 25.3. The summed E-state index contributed by atoms with van der Waals surface area (Å²) in [6.07, 6.45) is 0.810. The Kier molecular flexibility index (Phi) is 3.24. The molecule has 112 valence electrons. The van der Waals surface area contributed by atoms with E-state index in [1.54, 1.807) is 10.6 Å². The van der Waals surface area contributed by atoms with Crippen molar-refractivity contribution < 1.29 is 20.1 Å². The first-order chi connectivity index (χ1) is 10.1. The van der Waals surface area contributed by atoms with Crippen molar-refractivity contribution in [3.8, 4) is 5.88 Å². The summed E-state index contributed by atoms with van der Waals surface area (Å²) in [5.74, 6) is 0.246. The number of ether oxygens (including phenoxy) is 1. The predicted molar refractivity (Wildman–Crippen MR) is 72.5 cm³/mol. The van der Waals surface area contributed by atoms with Gasteiger partial charge in [0.15, 0.2) is 11.2 Å². The van der Waals surface area contributed by atoms with Crippen LogP contribution in [-0.2, 0) is 0 Å². The van der Waals surface area contributed by atoms with Gasteiger partial charge >= 0.3 is 0 Å². The third kappa shape index (κ3) is 2.02. The zero-order chi connectivity index (χ0) is 15.1. The van der Waals surface area contributed by atoms with E-state index >= 15 is 0 Å². The number of nitrogens with two attached hydrogens (primary N) is 1. The van der Waals surface area contributed by atoms with Crippen molar-refractivity contribution >= 4 is 17.1 Å². The summed E-state index contributed by atoms with van der Waals surface area (Å²) in [4.78, 5) is 12.2. The maximum atomic E-state index is 10.1. The molecule has 5 N–H and O–H groups in total. The highest BCUT2D eigenvalue weighted by Gasteiger charge is 2.36. The molecule has 0 saturated carbocycles. The number of aromatic nitrogens is 4. The van der Waals surface area contributed by atoms with Gasteiger partial charge in [-0.1, -0.05) is 6.08 Å². The van der Waals surface area contributed by atoms with Crippen molar-refractivity contribution in [2.45, 2.75) is 18.2 Å². The number of rotatable bonds is 3. The van der Waals surface area contributed by atoms with Crippen LogP contribution in [0.1, 0.15) is 6.04 Å². The summed E-state index contributed by atoms with van der Waals surface area (Å²) in [5, 5.41) is 29.2. The molecule has 0 spiro atoms. The number of aliphatic hydroxyl groups is 3. The summed E-state index contributed by atoms with van der Waals surface area (Å²) in [5.41, 5.74) is 6.76. The van der Waals surface area contributed by atoms with Gasteiger partial charge in [-0.3, -0.25) is 0 Å². The molecule has 2 heterocycles. The lowest BCUT2D eigenvalue weighted by Crippen LogP contribution is -2.30. The summed E-state index contributed by atoms with van der Waals surface area (Å²) in [6.45, 7) is -0.332. The lowest BCUT2D eigenvalue weighted by Gasteiger charge is -2.18. The molecule has 3 rings (SSSR count). The number of fused-ring (bicyclic) bond motifs is 1. The van der Waals surface area contributed by atoms with Crippen LogP contribution >= 0.6 is 0 Å². The molecular formula is C12H15N5O4. The van der Waals surface area contributed by atoms with Crippen molar-refractivity contribution in [2.75, 3.05) is 19.5 Å². The summed E-state index contributed by atoms with van der Waals surface area (Å²) >= 11 is 0. The summed E-state index contributed by atoms with van der Waals surface area (Å²) < 4.78 is 6.66. The number of methoxy groups -OCH3 is 1. The number of hydrogen-bond donors (Lipinski definition) is 4. The Morgan fingerprint density at radius 3 is 2.76 bits per heavy atom. The molecule has 1 aliphatic rings. The predicted octanol–water partition coefficient (Wildman–Crippen LogP) is -1.39. The van der Waals surface area contributed by atoms with Crippen molar-refractivity contribution in [3.63, 3.8) is 0 Å². The van der Waals surface area contributed by atoms with Crippen LogP contribution in [0.5, 0.6) is 5.88 Å². The molecule has 0 aromatic carbocycles. The second-order valence-electron chi connectivity index (χ2n) is 4.74. The Balaban J connectivity index is 2.14. The molecule has 1 aliphatic carbocycles. The molecule has 9 nitrogen and oxygen atoms in total. The van der Waals surface area contributed by atoms with Crippen molar-refractivity contribution in [1.82, 2.24) is 19.5 Å². The minimum atomic E-state index is -1.13. The Bertz CT molecular complexity index is 713. The number of hydrogen-bond acceptors (Lipinski definition) is 8. The molecule has 0 fully saturated rings. The maximum absolute atomic E-state index is 10.1. The number of aliphatic hydroxyl groups excluding tert-OH is 3. The molecule has 0 saturated heterocycles. The lowest BCUT2D eigenvalue weighted by atomic mass is 10.1. The van der Waals surface area contributed by atoms with E-state index < -0.39 is 18.2 Å². The van der Waals surface area contributed by atoms with Crippen molar-refractivity contribution in [2.24, 2.45) is 0 Å². The third-order valence-electron chi connectivity index (χ3n) is 3.54. The highest BCUT2D eigenvalue weighted by atomic mass is 16.5. The van der Waals surface area contributed by atoms with Gasteiger partial charge in [0.05, 0.1) is 26.1 Å². The van der Waals surface area contributed by atoms with Gasteiger partial charge in [0, 0.05) is 0 Å². The van der Waals surface area contributed by atoms with Crippen LogP contribution in [0, 0.1) is 0 Å². The highest BCUT2D eigenvalue weighted by molar-refractivity contribution is 5.77. The van der Waals surface area contributed by atoms with Gasteiger partial charge in [0.25, 0.3) is 0 Å². The zero-order valence-corrected chi connectivity index (χ0v) is 11.2. The van der Waals surface area contributed by atoms with Gasteiger partial charge in [-0.25, -0.2) is 4.98 Å². The Labute approximate surface area is 119 Å². The molecule has 0 aliphatic heterocycles. The molecule has 3 atom stereocenters. The number of nitrogens with zero attached hydrogens (tertiary/aromatic N) is 4. The van der Waals surface area contributed by atoms with Crippen LogP contribution < -0.4 is 10.5 Å². The van der Waals surface area contributed by atoms with Crippen LogP contribution in [-0.4, -0.2) is 60.8 Å². The standard InChI is InChI=1S/C12H15N5O4/c1-21-11-7-10(15-12(13)16-11)17(4-14-7)6-2-5(3-18)8(19)9(6)20/h2,4,6,8-9,18-20H,3H2,1H3,(H2,13,15,16). The molecule has 9 heteroatoms. The second-order valence-corrected chi connectivity index (χ2v) is 4.74. The molecule has 21 heavy (non-hydrogen) atoms. The van der Waals surface area contributed by atoms with E-state index in [0.717, 1.165) is 0 Å². The van der Waals surface area contributed by atoms with Crippen LogP contribution in [0.4, 0.5) is 5.95 Å². The second kappa shape index (κ2) is 4.95. The molecule has 2 aromatic heterocycles. The van der Waals surface area contributed by atoms with Crippen LogP contribution in [0.15, 0.2) is 18.0 Å². The minimum absolute atomic E-state index is 0.0143. The Morgan fingerprint density at radius 2 is 2.14 bits per heavy atom. The van der Waals surface area contributed by atoms with Gasteiger partial charge in [-0.2, -0.15) is 9.97 Å². The average molecular weight is 293 g/mol. The van der Waals surface area contributed by atoms with Crippen LogP contribution in [0.25, 0.3) is 11.2 Å². The van der Waals surface area contributed by atoms with Crippen LogP contribution in [0.2, 0.25) is 0 Å². The van der Waals surface area contributed by atoms with Crippen LogP contribution in [0.3, 0.4) is 0 Å². The fraction of sp³-hybridized carbons (Fsp3) is 0.417. The Hall–Kier alpha value is -2.23. The number of nitrogen functional groups attached to an aromatic ring is 1. The average Bonchev–Trinajstić information content (AvgIpc) is 3.01. The van der Waals surface area contributed by atoms with Gasteiger partial charge in [0.1, 0.15) is 12.2 Å². The molecule has 0 radical (unpaired) electrons. The largest absolute Gasteiger partial charge is 0.479 e. The van der Waals surface area contributed by atoms with Crippen molar-refractivity contribution in [3.05, 3.63) is 18.0 Å². The van der Waals surface area contributed by atoms with Gasteiger partial charge < -0.3 is 30.4 Å². The third-order valence-corrected chi connectivity index (χ3v) is 3.54. The SMILES string of the molecule is COc1nc(N)nc2c1ncn2C1C=C(CO)C(O)C1O. The molecule has 0 bridgehead atoms. The molecule has 0 amide bonds. The molecule has 3 unspecified atom stereocenters. The quantitative estimate of drug-likeness (QED) is 0.507. The minimum Gasteiger partial charge on any atom is -0.479 e. The number of anilines is 1. The summed E-state index contributed by atoms with van der Waals surface area (Å²) in [6, 6.07) is -0.605. The van der Waals surface area contributed by atoms with Gasteiger partial charge in [-0.15, -0.1) is 0 Å². The van der Waals surface area contributed by atoms with E-state index in [9.17, 15) is 15.3 Å². The van der Waals surface area contributed by atoms with Gasteiger partial charge in [-0.05, 0) is 5.57 Å². The fourth-order valence-electron chi connectivity index (χ4n) is 2.48. The van der Waals surface area contributed by atoms with Gasteiger partial charge in [0.2, 0.25) is 11.8 Å². The Morgan fingerprint density at radius 1 is 1.38 bits per heavy atom. The van der Waals surface area contributed by atoms with E-state index in [1.165, 1.54) is 13.4 Å². The smallest absolute Gasteiger partial charge is 0.246 e. The monoisotopic (exact) mass is 293 g/mol. The summed E-state index contributed by atoms with van der Waals surface area (Å²) in [7, 11) is 1.44. The topological polar surface area (TPSA) is 140 Å².